The van der Waals surface area contributed by atoms with E-state index in [1.54, 1.807) is 0 Å². The van der Waals surface area contributed by atoms with Crippen LogP contribution in [0.4, 0.5) is 0 Å². The van der Waals surface area contributed by atoms with Crippen LogP contribution in [-0.4, -0.2) is 6.54 Å². The van der Waals surface area contributed by atoms with Crippen LogP contribution < -0.4 is 5.32 Å². The lowest BCUT2D eigenvalue weighted by atomic mass is 9.98. The van der Waals surface area contributed by atoms with Crippen LogP contribution in [-0.2, 0) is 6.42 Å². The zero-order valence-corrected chi connectivity index (χ0v) is 11.9. The highest BCUT2D eigenvalue weighted by Gasteiger charge is 2.25. The SMILES string of the molecule is CCCCc1ccc(C(CC2CC2)NCC)cc1. The van der Waals surface area contributed by atoms with Crippen molar-refractivity contribution in [2.45, 2.75) is 58.4 Å². The van der Waals surface area contributed by atoms with E-state index in [-0.39, 0.29) is 0 Å². The minimum atomic E-state index is 0.572. The molecule has 100 valence electrons. The van der Waals surface area contributed by atoms with Gasteiger partial charge in [0.05, 0.1) is 0 Å². The molecule has 0 spiro atoms. The molecule has 1 fully saturated rings. The lowest BCUT2D eigenvalue weighted by molar-refractivity contribution is 0.487. The summed E-state index contributed by atoms with van der Waals surface area (Å²) in [6.07, 6.45) is 8.02. The van der Waals surface area contributed by atoms with Crippen LogP contribution in [0.3, 0.4) is 0 Å². The molecule has 1 aliphatic rings. The van der Waals surface area contributed by atoms with Crippen molar-refractivity contribution in [2.75, 3.05) is 6.54 Å². The van der Waals surface area contributed by atoms with E-state index < -0.39 is 0 Å². The first kappa shape index (κ1) is 13.6. The molecule has 1 aromatic rings. The van der Waals surface area contributed by atoms with Gasteiger partial charge in [-0.05, 0) is 42.9 Å². The summed E-state index contributed by atoms with van der Waals surface area (Å²) in [4.78, 5) is 0. The molecular weight excluding hydrogens is 218 g/mol. The van der Waals surface area contributed by atoms with Gasteiger partial charge in [0.15, 0.2) is 0 Å². The maximum atomic E-state index is 3.63. The molecule has 0 radical (unpaired) electrons. The van der Waals surface area contributed by atoms with Crippen molar-refractivity contribution in [2.24, 2.45) is 5.92 Å². The van der Waals surface area contributed by atoms with Gasteiger partial charge >= 0.3 is 0 Å². The van der Waals surface area contributed by atoms with E-state index >= 15 is 0 Å². The Bertz CT molecular complexity index is 337. The van der Waals surface area contributed by atoms with E-state index in [9.17, 15) is 0 Å². The van der Waals surface area contributed by atoms with E-state index in [0.29, 0.717) is 6.04 Å². The first-order valence-electron chi connectivity index (χ1n) is 7.65. The van der Waals surface area contributed by atoms with Gasteiger partial charge in [0.1, 0.15) is 0 Å². The molecule has 0 bridgehead atoms. The normalized spacial score (nSPS) is 16.8. The molecule has 1 atom stereocenters. The maximum absolute atomic E-state index is 3.63. The van der Waals surface area contributed by atoms with Gasteiger partial charge in [-0.3, -0.25) is 0 Å². The highest BCUT2D eigenvalue weighted by atomic mass is 14.9. The van der Waals surface area contributed by atoms with Crippen molar-refractivity contribution in [3.63, 3.8) is 0 Å². The third-order valence-corrected chi connectivity index (χ3v) is 3.92. The van der Waals surface area contributed by atoms with Gasteiger partial charge in [0, 0.05) is 6.04 Å². The molecule has 1 heteroatoms. The number of benzene rings is 1. The van der Waals surface area contributed by atoms with Gasteiger partial charge in [0.2, 0.25) is 0 Å². The largest absolute Gasteiger partial charge is 0.310 e. The molecule has 0 amide bonds. The zero-order valence-electron chi connectivity index (χ0n) is 11.9. The molecule has 0 aliphatic heterocycles. The summed E-state index contributed by atoms with van der Waals surface area (Å²) in [7, 11) is 0. The van der Waals surface area contributed by atoms with Crippen LogP contribution in [0.1, 0.15) is 63.1 Å². The predicted octanol–water partition coefficient (Wildman–Crippen LogP) is 4.48. The van der Waals surface area contributed by atoms with Gasteiger partial charge < -0.3 is 5.32 Å². The standard InChI is InChI=1S/C17H27N/c1-3-5-6-14-9-11-16(12-10-14)17(18-4-2)13-15-7-8-15/h9-12,15,17-18H,3-8,13H2,1-2H3. The Morgan fingerprint density at radius 2 is 1.89 bits per heavy atom. The molecule has 18 heavy (non-hydrogen) atoms. The Morgan fingerprint density at radius 3 is 2.44 bits per heavy atom. The summed E-state index contributed by atoms with van der Waals surface area (Å²) in [5, 5.41) is 3.63. The Balaban J connectivity index is 1.95. The Kier molecular flexibility index (Phi) is 5.25. The van der Waals surface area contributed by atoms with Crippen molar-refractivity contribution in [1.29, 1.82) is 0 Å². The third-order valence-electron chi connectivity index (χ3n) is 3.92. The van der Waals surface area contributed by atoms with Crippen LogP contribution in [0.25, 0.3) is 0 Å². The maximum Gasteiger partial charge on any atom is 0.0322 e. The molecule has 1 saturated carbocycles. The summed E-state index contributed by atoms with van der Waals surface area (Å²) in [6, 6.07) is 9.88. The van der Waals surface area contributed by atoms with Gasteiger partial charge in [-0.1, -0.05) is 57.4 Å². The third kappa shape index (κ3) is 4.13. The average molecular weight is 245 g/mol. The molecule has 1 aliphatic carbocycles. The van der Waals surface area contributed by atoms with Crippen molar-refractivity contribution >= 4 is 0 Å². The highest BCUT2D eigenvalue weighted by Crippen LogP contribution is 2.37. The second-order valence-electron chi connectivity index (χ2n) is 5.63. The molecule has 0 saturated heterocycles. The first-order valence-corrected chi connectivity index (χ1v) is 7.65. The van der Waals surface area contributed by atoms with Gasteiger partial charge in [-0.15, -0.1) is 0 Å². The summed E-state index contributed by atoms with van der Waals surface area (Å²) < 4.78 is 0. The van der Waals surface area contributed by atoms with E-state index in [1.807, 2.05) is 0 Å². The van der Waals surface area contributed by atoms with Crippen LogP contribution in [0.15, 0.2) is 24.3 Å². The van der Waals surface area contributed by atoms with Gasteiger partial charge in [-0.2, -0.15) is 0 Å². The summed E-state index contributed by atoms with van der Waals surface area (Å²) in [6.45, 7) is 5.52. The van der Waals surface area contributed by atoms with Crippen LogP contribution in [0.2, 0.25) is 0 Å². The fourth-order valence-corrected chi connectivity index (χ4v) is 2.57. The molecule has 1 unspecified atom stereocenters. The fourth-order valence-electron chi connectivity index (χ4n) is 2.57. The van der Waals surface area contributed by atoms with Gasteiger partial charge in [0.25, 0.3) is 0 Å². The molecule has 2 rings (SSSR count). The molecule has 1 nitrogen and oxygen atoms in total. The summed E-state index contributed by atoms with van der Waals surface area (Å²) in [5.74, 6) is 0.980. The Labute approximate surface area is 112 Å². The highest BCUT2D eigenvalue weighted by molar-refractivity contribution is 5.25. The predicted molar refractivity (Wildman–Crippen MR) is 78.8 cm³/mol. The second-order valence-corrected chi connectivity index (χ2v) is 5.63. The molecular formula is C17H27N. The van der Waals surface area contributed by atoms with Crippen molar-refractivity contribution in [1.82, 2.24) is 5.32 Å². The molecule has 0 aromatic heterocycles. The van der Waals surface area contributed by atoms with Crippen molar-refractivity contribution in [3.05, 3.63) is 35.4 Å². The molecule has 0 heterocycles. The number of nitrogens with one attached hydrogen (secondary N) is 1. The number of rotatable bonds is 8. The molecule has 1 N–H and O–H groups in total. The van der Waals surface area contributed by atoms with Crippen LogP contribution in [0.5, 0.6) is 0 Å². The van der Waals surface area contributed by atoms with E-state index in [1.165, 1.54) is 49.7 Å². The van der Waals surface area contributed by atoms with Crippen LogP contribution >= 0.6 is 0 Å². The first-order chi connectivity index (χ1) is 8.83. The summed E-state index contributed by atoms with van der Waals surface area (Å²) >= 11 is 0. The van der Waals surface area contributed by atoms with E-state index in [0.717, 1.165) is 12.5 Å². The minimum absolute atomic E-state index is 0.572. The molecule has 1 aromatic carbocycles. The number of aryl methyl sites for hydroxylation is 1. The lowest BCUT2D eigenvalue weighted by Crippen LogP contribution is -2.21. The van der Waals surface area contributed by atoms with Crippen molar-refractivity contribution < 1.29 is 0 Å². The Hall–Kier alpha value is -0.820. The quantitative estimate of drug-likeness (QED) is 0.712. The number of hydrogen-bond acceptors (Lipinski definition) is 1. The van der Waals surface area contributed by atoms with Crippen molar-refractivity contribution in [3.8, 4) is 0 Å². The van der Waals surface area contributed by atoms with Crippen LogP contribution in [0, 0.1) is 5.92 Å². The number of hydrogen-bond donors (Lipinski definition) is 1. The zero-order chi connectivity index (χ0) is 12.8. The topological polar surface area (TPSA) is 12.0 Å². The summed E-state index contributed by atoms with van der Waals surface area (Å²) in [5.41, 5.74) is 2.96. The van der Waals surface area contributed by atoms with E-state index in [4.69, 9.17) is 0 Å². The minimum Gasteiger partial charge on any atom is -0.310 e. The fraction of sp³-hybridized carbons (Fsp3) is 0.647. The second kappa shape index (κ2) is 6.94. The average Bonchev–Trinajstić information content (AvgIpc) is 3.20. The smallest absolute Gasteiger partial charge is 0.0322 e. The Morgan fingerprint density at radius 1 is 1.17 bits per heavy atom. The number of unbranched alkanes of at least 4 members (excludes halogenated alkanes) is 1. The van der Waals surface area contributed by atoms with E-state index in [2.05, 4.69) is 43.4 Å². The van der Waals surface area contributed by atoms with Gasteiger partial charge in [-0.25, -0.2) is 0 Å². The lowest BCUT2D eigenvalue weighted by Gasteiger charge is -2.18. The monoisotopic (exact) mass is 245 g/mol.